The quantitative estimate of drug-likeness (QED) is 0.723. The molecule has 30 heavy (non-hydrogen) atoms. The van der Waals surface area contributed by atoms with Crippen molar-refractivity contribution in [2.24, 2.45) is 0 Å². The molecule has 1 aliphatic heterocycles. The van der Waals surface area contributed by atoms with Crippen LogP contribution >= 0.6 is 0 Å². The van der Waals surface area contributed by atoms with Crippen LogP contribution in [0, 0.1) is 6.92 Å². The second-order valence-corrected chi connectivity index (χ2v) is 7.55. The van der Waals surface area contributed by atoms with Crippen molar-refractivity contribution < 1.29 is 14.3 Å². The van der Waals surface area contributed by atoms with Gasteiger partial charge in [-0.1, -0.05) is 31.5 Å². The molecule has 1 amide bonds. The second kappa shape index (κ2) is 9.51. The third-order valence-corrected chi connectivity index (χ3v) is 5.75. The minimum Gasteiger partial charge on any atom is -0.391 e. The van der Waals surface area contributed by atoms with Crippen LogP contribution in [0.5, 0.6) is 5.88 Å². The highest BCUT2D eigenvalue weighted by Gasteiger charge is 2.29. The number of aromatic nitrogens is 2. The van der Waals surface area contributed by atoms with E-state index in [0.29, 0.717) is 50.8 Å². The number of carbonyl (C=O) groups excluding carboxylic acids is 1. The molecule has 0 unspecified atom stereocenters. The fourth-order valence-electron chi connectivity index (χ4n) is 4.18. The number of fused-ring (bicyclic) bond motifs is 1. The predicted octanol–water partition coefficient (Wildman–Crippen LogP) is 3.62. The van der Waals surface area contributed by atoms with Gasteiger partial charge in [-0.3, -0.25) is 4.79 Å². The molecule has 3 rings (SSSR count). The van der Waals surface area contributed by atoms with Crippen molar-refractivity contribution in [3.8, 4) is 17.0 Å². The minimum absolute atomic E-state index is 0.129. The fraction of sp³-hybridized carbons (Fsp3) is 0.565. The number of carbonyl (C=O) groups is 1. The maximum atomic E-state index is 13.6. The lowest BCUT2D eigenvalue weighted by Crippen LogP contribution is -2.34. The number of hydrogen-bond acceptors (Lipinski definition) is 4. The van der Waals surface area contributed by atoms with Gasteiger partial charge in [-0.2, -0.15) is 0 Å². The first kappa shape index (κ1) is 22.2. The highest BCUT2D eigenvalue weighted by molar-refractivity contribution is 5.79. The first-order valence-electron chi connectivity index (χ1n) is 11.0. The Bertz CT molecular complexity index is 945. The zero-order chi connectivity index (χ0) is 21.8. The second-order valence-electron chi connectivity index (χ2n) is 7.55. The summed E-state index contributed by atoms with van der Waals surface area (Å²) in [6.07, 6.45) is 1.15. The fourth-order valence-corrected chi connectivity index (χ4v) is 4.18. The smallest absolute Gasteiger partial charge is 0.391 e. The Morgan fingerprint density at radius 2 is 1.57 bits per heavy atom. The molecule has 0 N–H and O–H groups in total. The molecule has 0 spiro atoms. The largest absolute Gasteiger partial charge is 0.416 e. The van der Waals surface area contributed by atoms with E-state index in [-0.39, 0.29) is 5.56 Å². The Morgan fingerprint density at radius 3 is 2.10 bits per heavy atom. The Labute approximate surface area is 178 Å². The van der Waals surface area contributed by atoms with Gasteiger partial charge in [0.05, 0.1) is 26.3 Å². The van der Waals surface area contributed by atoms with Crippen LogP contribution < -0.4 is 10.3 Å². The minimum atomic E-state index is -0.435. The Hall–Kier alpha value is -2.54. The molecule has 7 heteroatoms. The summed E-state index contributed by atoms with van der Waals surface area (Å²) >= 11 is 0. The number of benzene rings is 1. The molecular formula is C23H33N3O4. The number of aryl methyl sites for hydroxylation is 3. The molecule has 0 bridgehead atoms. The standard InChI is InChI=1S/C23H33N3O4/c1-6-17-14-16(5)15-18(7-2)19(17)20-21(27)25-10-12-29-13-11-26(25)22(20)30-23(28)24(8-3)9-4/h14-15H,6-13H2,1-5H3. The van der Waals surface area contributed by atoms with Gasteiger partial charge in [0.1, 0.15) is 5.56 Å². The number of rotatable bonds is 6. The lowest BCUT2D eigenvalue weighted by atomic mass is 9.91. The van der Waals surface area contributed by atoms with Crippen molar-refractivity contribution in [2.75, 3.05) is 26.3 Å². The van der Waals surface area contributed by atoms with E-state index in [1.165, 1.54) is 5.56 Å². The van der Waals surface area contributed by atoms with Crippen molar-refractivity contribution in [2.45, 2.75) is 60.5 Å². The third kappa shape index (κ3) is 4.03. The highest BCUT2D eigenvalue weighted by atomic mass is 16.6. The lowest BCUT2D eigenvalue weighted by molar-refractivity contribution is 0.135. The predicted molar refractivity (Wildman–Crippen MR) is 117 cm³/mol. The van der Waals surface area contributed by atoms with Gasteiger partial charge in [-0.05, 0) is 50.3 Å². The summed E-state index contributed by atoms with van der Waals surface area (Å²) in [5, 5.41) is 0. The molecule has 164 valence electrons. The Balaban J connectivity index is 2.28. The van der Waals surface area contributed by atoms with Crippen molar-refractivity contribution >= 4 is 6.09 Å². The van der Waals surface area contributed by atoms with Crippen LogP contribution in [0.4, 0.5) is 4.79 Å². The van der Waals surface area contributed by atoms with E-state index in [9.17, 15) is 9.59 Å². The van der Waals surface area contributed by atoms with E-state index >= 15 is 0 Å². The van der Waals surface area contributed by atoms with Crippen molar-refractivity contribution in [3.63, 3.8) is 0 Å². The number of ether oxygens (including phenoxy) is 2. The monoisotopic (exact) mass is 415 g/mol. The van der Waals surface area contributed by atoms with Crippen LogP contribution in [-0.4, -0.2) is 46.7 Å². The van der Waals surface area contributed by atoms with E-state index in [1.807, 2.05) is 13.8 Å². The first-order valence-corrected chi connectivity index (χ1v) is 11.0. The third-order valence-electron chi connectivity index (χ3n) is 5.75. The number of nitrogens with zero attached hydrogens (tertiary/aromatic N) is 3. The molecule has 0 saturated heterocycles. The normalized spacial score (nSPS) is 13.6. The van der Waals surface area contributed by atoms with Crippen LogP contribution in [0.2, 0.25) is 0 Å². The molecule has 0 atom stereocenters. The SMILES string of the molecule is CCc1cc(C)cc(CC)c1-c1c(OC(=O)N(CC)CC)n2n(c1=O)CCOCC2. The average molecular weight is 416 g/mol. The summed E-state index contributed by atoms with van der Waals surface area (Å²) in [4.78, 5) is 28.0. The summed E-state index contributed by atoms with van der Waals surface area (Å²) in [6.45, 7) is 13.0. The van der Waals surface area contributed by atoms with Crippen LogP contribution in [0.15, 0.2) is 16.9 Å². The molecule has 2 aromatic rings. The van der Waals surface area contributed by atoms with Gasteiger partial charge >= 0.3 is 6.09 Å². The van der Waals surface area contributed by atoms with Gasteiger partial charge in [-0.15, -0.1) is 0 Å². The molecule has 7 nitrogen and oxygen atoms in total. The molecule has 2 heterocycles. The average Bonchev–Trinajstić information content (AvgIpc) is 2.90. The van der Waals surface area contributed by atoms with Crippen LogP contribution in [-0.2, 0) is 30.7 Å². The van der Waals surface area contributed by atoms with Crippen LogP contribution in [0.1, 0.15) is 44.4 Å². The van der Waals surface area contributed by atoms with E-state index in [1.54, 1.807) is 14.3 Å². The maximum Gasteiger partial charge on any atom is 0.416 e. The summed E-state index contributed by atoms with van der Waals surface area (Å²) in [6, 6.07) is 4.25. The van der Waals surface area contributed by atoms with Gasteiger partial charge in [-0.25, -0.2) is 14.2 Å². The molecule has 0 fully saturated rings. The molecular weight excluding hydrogens is 382 g/mol. The Morgan fingerprint density at radius 1 is 1.00 bits per heavy atom. The number of hydrogen-bond donors (Lipinski definition) is 0. The van der Waals surface area contributed by atoms with Crippen LogP contribution in [0.3, 0.4) is 0 Å². The molecule has 0 aliphatic carbocycles. The summed E-state index contributed by atoms with van der Waals surface area (Å²) in [5.41, 5.74) is 4.64. The first-order chi connectivity index (χ1) is 14.5. The molecule has 1 aliphatic rings. The van der Waals surface area contributed by atoms with E-state index in [0.717, 1.165) is 29.5 Å². The molecule has 1 aromatic carbocycles. The van der Waals surface area contributed by atoms with Gasteiger partial charge in [0.2, 0.25) is 5.88 Å². The lowest BCUT2D eigenvalue weighted by Gasteiger charge is -2.20. The van der Waals surface area contributed by atoms with Crippen molar-refractivity contribution in [3.05, 3.63) is 39.2 Å². The van der Waals surface area contributed by atoms with Gasteiger partial charge in [0.25, 0.3) is 5.56 Å². The van der Waals surface area contributed by atoms with Crippen LogP contribution in [0.25, 0.3) is 11.1 Å². The molecule has 0 saturated carbocycles. The van der Waals surface area contributed by atoms with Gasteiger partial charge in [0.15, 0.2) is 0 Å². The molecule has 1 aromatic heterocycles. The molecule has 0 radical (unpaired) electrons. The zero-order valence-electron chi connectivity index (χ0n) is 18.8. The van der Waals surface area contributed by atoms with E-state index < -0.39 is 6.09 Å². The van der Waals surface area contributed by atoms with E-state index in [2.05, 4.69) is 32.9 Å². The zero-order valence-corrected chi connectivity index (χ0v) is 18.8. The highest BCUT2D eigenvalue weighted by Crippen LogP contribution is 2.35. The van der Waals surface area contributed by atoms with Crippen molar-refractivity contribution in [1.29, 1.82) is 0 Å². The topological polar surface area (TPSA) is 65.7 Å². The summed E-state index contributed by atoms with van der Waals surface area (Å²) in [7, 11) is 0. The van der Waals surface area contributed by atoms with Crippen molar-refractivity contribution in [1.82, 2.24) is 14.3 Å². The summed E-state index contributed by atoms with van der Waals surface area (Å²) < 4.78 is 14.9. The summed E-state index contributed by atoms with van der Waals surface area (Å²) in [5.74, 6) is 0.329. The number of amides is 1. The van der Waals surface area contributed by atoms with E-state index in [4.69, 9.17) is 9.47 Å². The van der Waals surface area contributed by atoms with Gasteiger partial charge < -0.3 is 14.4 Å². The maximum absolute atomic E-state index is 13.6. The van der Waals surface area contributed by atoms with Gasteiger partial charge in [0, 0.05) is 13.1 Å². The Kier molecular flexibility index (Phi) is 7.02.